The van der Waals surface area contributed by atoms with E-state index in [1.165, 1.54) is 0 Å². The molecule has 16 heavy (non-hydrogen) atoms. The molecule has 1 atom stereocenters. The number of carbonyl (C=O) groups excluding carboxylic acids is 1. The Morgan fingerprint density at radius 1 is 1.31 bits per heavy atom. The minimum atomic E-state index is -0.504. The predicted molar refractivity (Wildman–Crippen MR) is 59.9 cm³/mol. The normalized spacial score (nSPS) is 20.9. The summed E-state index contributed by atoms with van der Waals surface area (Å²) in [5.74, 6) is 0.801. The minimum absolute atomic E-state index is 0.0920. The highest BCUT2D eigenvalue weighted by Crippen LogP contribution is 2.19. The third kappa shape index (κ3) is 3.23. The minimum Gasteiger partial charge on any atom is -0.491 e. The molecule has 0 aromatic heterocycles. The molecule has 1 heterocycles. The quantitative estimate of drug-likeness (QED) is 0.698. The zero-order valence-electron chi connectivity index (χ0n) is 10.2. The van der Waals surface area contributed by atoms with E-state index < -0.39 is 6.10 Å². The molecule has 0 saturated carbocycles. The fraction of sp³-hybridized carbons (Fsp3) is 0.750. The molecule has 1 aliphatic rings. The average molecular weight is 228 g/mol. The van der Waals surface area contributed by atoms with Crippen molar-refractivity contribution >= 4 is 5.78 Å². The van der Waals surface area contributed by atoms with E-state index in [-0.39, 0.29) is 5.78 Å². The van der Waals surface area contributed by atoms with Gasteiger partial charge in [-0.2, -0.15) is 0 Å². The second-order valence-electron chi connectivity index (χ2n) is 3.77. The van der Waals surface area contributed by atoms with Crippen molar-refractivity contribution in [3.8, 4) is 0 Å². The van der Waals surface area contributed by atoms with Crippen LogP contribution in [0.2, 0.25) is 0 Å². The maximum Gasteiger partial charge on any atom is 0.233 e. The van der Waals surface area contributed by atoms with Crippen LogP contribution in [-0.4, -0.2) is 31.7 Å². The van der Waals surface area contributed by atoms with Crippen LogP contribution in [0.3, 0.4) is 0 Å². The van der Waals surface area contributed by atoms with E-state index in [0.29, 0.717) is 31.3 Å². The van der Waals surface area contributed by atoms with Gasteiger partial charge in [-0.15, -0.1) is 0 Å². The number of ether oxygens (including phenoxy) is 3. The number of allylic oxidation sites excluding steroid dienone is 1. The molecule has 0 aromatic rings. The first-order valence-corrected chi connectivity index (χ1v) is 5.83. The van der Waals surface area contributed by atoms with E-state index in [0.717, 1.165) is 12.8 Å². The molecule has 0 saturated heterocycles. The van der Waals surface area contributed by atoms with Crippen molar-refractivity contribution in [2.45, 2.75) is 39.7 Å². The van der Waals surface area contributed by atoms with Gasteiger partial charge in [0.2, 0.25) is 11.5 Å². The molecule has 0 aromatic carbocycles. The molecule has 1 unspecified atom stereocenters. The first-order chi connectivity index (χ1) is 7.70. The number of rotatable bonds is 6. The number of hydrogen-bond donors (Lipinski definition) is 0. The number of carbonyl (C=O) groups is 1. The lowest BCUT2D eigenvalue weighted by Gasteiger charge is -2.25. The van der Waals surface area contributed by atoms with E-state index in [9.17, 15) is 4.79 Å². The van der Waals surface area contributed by atoms with Crippen molar-refractivity contribution in [2.75, 3.05) is 19.8 Å². The van der Waals surface area contributed by atoms with Crippen molar-refractivity contribution < 1.29 is 19.0 Å². The Hall–Kier alpha value is -1.03. The highest BCUT2D eigenvalue weighted by molar-refractivity contribution is 5.98. The first kappa shape index (κ1) is 13.0. The Morgan fingerprint density at radius 3 is 2.62 bits per heavy atom. The summed E-state index contributed by atoms with van der Waals surface area (Å²) in [7, 11) is 0. The zero-order valence-corrected chi connectivity index (χ0v) is 10.2. The van der Waals surface area contributed by atoms with Crippen LogP contribution in [0, 0.1) is 0 Å². The third-order valence-electron chi connectivity index (χ3n) is 2.26. The Bertz CT molecular complexity index is 270. The molecule has 0 spiro atoms. The predicted octanol–water partition coefficient (Wildman–Crippen LogP) is 2.04. The highest BCUT2D eigenvalue weighted by Gasteiger charge is 2.31. The van der Waals surface area contributed by atoms with Gasteiger partial charge in [0.25, 0.3) is 0 Å². The van der Waals surface area contributed by atoms with Crippen LogP contribution in [-0.2, 0) is 19.0 Å². The summed E-state index contributed by atoms with van der Waals surface area (Å²) in [6.07, 6.45) is 1.25. The van der Waals surface area contributed by atoms with E-state index in [2.05, 4.69) is 0 Å². The van der Waals surface area contributed by atoms with E-state index in [1.54, 1.807) is 6.92 Å². The van der Waals surface area contributed by atoms with Crippen molar-refractivity contribution in [2.24, 2.45) is 0 Å². The lowest BCUT2D eigenvalue weighted by molar-refractivity contribution is -0.137. The molecule has 4 heteroatoms. The lowest BCUT2D eigenvalue weighted by Crippen LogP contribution is -2.36. The van der Waals surface area contributed by atoms with Crippen LogP contribution < -0.4 is 0 Å². The molecule has 1 aliphatic heterocycles. The van der Waals surface area contributed by atoms with E-state index in [4.69, 9.17) is 14.2 Å². The molecule has 0 N–H and O–H groups in total. The summed E-state index contributed by atoms with van der Waals surface area (Å²) in [5, 5.41) is 0. The third-order valence-corrected chi connectivity index (χ3v) is 2.26. The molecule has 0 aliphatic carbocycles. The molecule has 0 fully saturated rings. The van der Waals surface area contributed by atoms with Gasteiger partial charge in [-0.25, -0.2) is 0 Å². The number of hydrogen-bond acceptors (Lipinski definition) is 4. The molecule has 4 nitrogen and oxygen atoms in total. The van der Waals surface area contributed by atoms with Crippen LogP contribution in [0.5, 0.6) is 0 Å². The second kappa shape index (κ2) is 6.53. The zero-order chi connectivity index (χ0) is 12.0. The van der Waals surface area contributed by atoms with Crippen LogP contribution in [0.15, 0.2) is 11.5 Å². The largest absolute Gasteiger partial charge is 0.491 e. The molecule has 0 bridgehead atoms. The van der Waals surface area contributed by atoms with Gasteiger partial charge in [0, 0.05) is 6.61 Å². The van der Waals surface area contributed by atoms with Crippen LogP contribution in [0.1, 0.15) is 33.6 Å². The first-order valence-electron chi connectivity index (χ1n) is 5.83. The van der Waals surface area contributed by atoms with E-state index in [1.807, 2.05) is 13.8 Å². The van der Waals surface area contributed by atoms with Gasteiger partial charge in [0.15, 0.2) is 6.10 Å². The van der Waals surface area contributed by atoms with Gasteiger partial charge < -0.3 is 14.2 Å². The summed E-state index contributed by atoms with van der Waals surface area (Å²) in [4.78, 5) is 12.0. The summed E-state index contributed by atoms with van der Waals surface area (Å²) >= 11 is 0. The molecule has 92 valence electrons. The molecular weight excluding hydrogens is 208 g/mol. The van der Waals surface area contributed by atoms with Crippen molar-refractivity contribution in [1.82, 2.24) is 0 Å². The topological polar surface area (TPSA) is 44.8 Å². The van der Waals surface area contributed by atoms with Crippen LogP contribution in [0.4, 0.5) is 0 Å². The molecule has 0 radical (unpaired) electrons. The summed E-state index contributed by atoms with van der Waals surface area (Å²) in [5.41, 5.74) is 0. The van der Waals surface area contributed by atoms with Crippen molar-refractivity contribution in [3.05, 3.63) is 11.5 Å². The summed E-state index contributed by atoms with van der Waals surface area (Å²) < 4.78 is 16.2. The van der Waals surface area contributed by atoms with Gasteiger partial charge >= 0.3 is 0 Å². The Balaban J connectivity index is 2.61. The highest BCUT2D eigenvalue weighted by atomic mass is 16.6. The van der Waals surface area contributed by atoms with E-state index >= 15 is 0 Å². The monoisotopic (exact) mass is 228 g/mol. The summed E-state index contributed by atoms with van der Waals surface area (Å²) in [6.45, 7) is 7.14. The second-order valence-corrected chi connectivity index (χ2v) is 3.77. The van der Waals surface area contributed by atoms with Gasteiger partial charge in [-0.3, -0.25) is 4.79 Å². The Labute approximate surface area is 96.6 Å². The molecular formula is C12H20O4. The van der Waals surface area contributed by atoms with Crippen molar-refractivity contribution in [3.63, 3.8) is 0 Å². The van der Waals surface area contributed by atoms with Gasteiger partial charge in [0.1, 0.15) is 12.4 Å². The lowest BCUT2D eigenvalue weighted by atomic mass is 10.1. The number of Topliss-reactive ketones (excluding diaryl/α,β-unsaturated/α-hetero) is 1. The fourth-order valence-electron chi connectivity index (χ4n) is 1.42. The summed E-state index contributed by atoms with van der Waals surface area (Å²) in [6, 6.07) is 0. The standard InChI is InChI=1S/C12H20O4/c1-4-6-14-10-8-16-9(3)12(11(10)13)15-7-5-2/h10H,4-8H2,1-3H3. The maximum absolute atomic E-state index is 12.0. The Morgan fingerprint density at radius 2 is 2.00 bits per heavy atom. The maximum atomic E-state index is 12.0. The smallest absolute Gasteiger partial charge is 0.233 e. The van der Waals surface area contributed by atoms with Crippen LogP contribution >= 0.6 is 0 Å². The van der Waals surface area contributed by atoms with Crippen LogP contribution in [0.25, 0.3) is 0 Å². The molecule has 0 amide bonds. The van der Waals surface area contributed by atoms with Crippen molar-refractivity contribution in [1.29, 1.82) is 0 Å². The SMILES string of the molecule is CCCOC1=C(C)OCC(OCCC)C1=O. The fourth-order valence-corrected chi connectivity index (χ4v) is 1.42. The van der Waals surface area contributed by atoms with Gasteiger partial charge in [-0.1, -0.05) is 13.8 Å². The Kier molecular flexibility index (Phi) is 5.32. The van der Waals surface area contributed by atoms with Gasteiger partial charge in [-0.05, 0) is 19.8 Å². The average Bonchev–Trinajstić information content (AvgIpc) is 2.28. The number of ketones is 1. The molecule has 1 rings (SSSR count). The van der Waals surface area contributed by atoms with Gasteiger partial charge in [0.05, 0.1) is 6.61 Å².